The largest absolute Gasteiger partial charge is 0.339 e. The molecule has 5 heteroatoms. The molecule has 2 amide bonds. The molecule has 0 aliphatic carbocycles. The first-order chi connectivity index (χ1) is 11.1. The minimum atomic E-state index is -0.135. The van der Waals surface area contributed by atoms with Crippen LogP contribution in [-0.2, 0) is 9.59 Å². The normalized spacial score (nSPS) is 22.9. The van der Waals surface area contributed by atoms with Crippen molar-refractivity contribution < 1.29 is 9.59 Å². The molecule has 0 aromatic carbocycles. The maximum Gasteiger partial charge on any atom is 0.228 e. The Kier molecular flexibility index (Phi) is 6.88. The van der Waals surface area contributed by atoms with E-state index in [9.17, 15) is 9.59 Å². The molecule has 2 heterocycles. The second-order valence-electron chi connectivity index (χ2n) is 6.93. The van der Waals surface area contributed by atoms with Crippen LogP contribution in [0.2, 0.25) is 0 Å². The van der Waals surface area contributed by atoms with Crippen LogP contribution in [0.5, 0.6) is 0 Å². The Morgan fingerprint density at radius 2 is 1.91 bits per heavy atom. The molecule has 2 rings (SSSR count). The van der Waals surface area contributed by atoms with E-state index in [0.717, 1.165) is 51.7 Å². The van der Waals surface area contributed by atoms with Gasteiger partial charge in [0.2, 0.25) is 11.8 Å². The number of amides is 2. The smallest absolute Gasteiger partial charge is 0.228 e. The Morgan fingerprint density at radius 1 is 1.26 bits per heavy atom. The van der Waals surface area contributed by atoms with Crippen LogP contribution in [0.4, 0.5) is 0 Å². The number of hydrogen-bond acceptors (Lipinski definition) is 3. The first-order valence-electron chi connectivity index (χ1n) is 9.42. The average molecular weight is 323 g/mol. The van der Waals surface area contributed by atoms with Crippen LogP contribution in [0.3, 0.4) is 0 Å². The van der Waals surface area contributed by atoms with Crippen LogP contribution >= 0.6 is 0 Å². The summed E-state index contributed by atoms with van der Waals surface area (Å²) in [6, 6.07) is 0.639. The highest BCUT2D eigenvalue weighted by atomic mass is 16.2. The second-order valence-corrected chi connectivity index (χ2v) is 6.93. The summed E-state index contributed by atoms with van der Waals surface area (Å²) in [4.78, 5) is 29.4. The highest BCUT2D eigenvalue weighted by molar-refractivity contribution is 5.89. The molecule has 0 aromatic rings. The van der Waals surface area contributed by atoms with Crippen molar-refractivity contribution in [3.63, 3.8) is 0 Å². The molecule has 2 saturated heterocycles. The van der Waals surface area contributed by atoms with Gasteiger partial charge in [-0.05, 0) is 45.2 Å². The molecule has 23 heavy (non-hydrogen) atoms. The lowest BCUT2D eigenvalue weighted by molar-refractivity contribution is -0.138. The highest BCUT2D eigenvalue weighted by Crippen LogP contribution is 2.26. The van der Waals surface area contributed by atoms with Crippen LogP contribution in [0.25, 0.3) is 0 Å². The van der Waals surface area contributed by atoms with E-state index in [1.807, 2.05) is 4.90 Å². The molecule has 132 valence electrons. The summed E-state index contributed by atoms with van der Waals surface area (Å²) in [6.07, 6.45) is 5.38. The summed E-state index contributed by atoms with van der Waals surface area (Å²) in [5.41, 5.74) is 0. The summed E-state index contributed by atoms with van der Waals surface area (Å²) >= 11 is 0. The fourth-order valence-electron chi connectivity index (χ4n) is 4.05. The predicted octanol–water partition coefficient (Wildman–Crippen LogP) is 2.01. The van der Waals surface area contributed by atoms with Gasteiger partial charge in [0.15, 0.2) is 0 Å². The van der Waals surface area contributed by atoms with E-state index in [4.69, 9.17) is 0 Å². The van der Waals surface area contributed by atoms with Crippen LogP contribution in [0, 0.1) is 5.92 Å². The van der Waals surface area contributed by atoms with E-state index in [0.29, 0.717) is 25.0 Å². The molecule has 0 saturated carbocycles. The van der Waals surface area contributed by atoms with Gasteiger partial charge >= 0.3 is 0 Å². The van der Waals surface area contributed by atoms with Crippen molar-refractivity contribution in [2.75, 3.05) is 26.2 Å². The lowest BCUT2D eigenvalue weighted by Gasteiger charge is -2.36. The number of nitrogens with zero attached hydrogens (tertiary/aromatic N) is 2. The van der Waals surface area contributed by atoms with Crippen LogP contribution in [-0.4, -0.2) is 59.9 Å². The second kappa shape index (κ2) is 8.67. The Labute approximate surface area is 140 Å². The molecule has 2 aliphatic rings. The summed E-state index contributed by atoms with van der Waals surface area (Å²) in [5, 5.41) is 3.36. The predicted molar refractivity (Wildman–Crippen MR) is 92.1 cm³/mol. The first-order valence-corrected chi connectivity index (χ1v) is 9.42. The van der Waals surface area contributed by atoms with Gasteiger partial charge in [-0.1, -0.05) is 20.8 Å². The van der Waals surface area contributed by atoms with Gasteiger partial charge in [-0.25, -0.2) is 0 Å². The zero-order valence-electron chi connectivity index (χ0n) is 15.0. The van der Waals surface area contributed by atoms with E-state index in [2.05, 4.69) is 31.0 Å². The van der Waals surface area contributed by atoms with Gasteiger partial charge in [0.25, 0.3) is 0 Å². The Hall–Kier alpha value is -1.10. The van der Waals surface area contributed by atoms with Gasteiger partial charge < -0.3 is 15.1 Å². The van der Waals surface area contributed by atoms with Gasteiger partial charge in [-0.15, -0.1) is 0 Å². The molecular formula is C18H33N3O2. The zero-order valence-corrected chi connectivity index (χ0v) is 15.0. The topological polar surface area (TPSA) is 52.7 Å². The quantitative estimate of drug-likeness (QED) is 0.780. The number of rotatable bonds is 7. The Balaban J connectivity index is 2.03. The molecule has 0 radical (unpaired) electrons. The third kappa shape index (κ3) is 4.25. The van der Waals surface area contributed by atoms with Crippen molar-refractivity contribution in [3.8, 4) is 0 Å². The standard InChI is InChI=1S/C18H33N3O2/c1-4-11-20(16-7-9-19-10-8-16)18(23)14-12-17(22)21(13-14)15(5-2)6-3/h14-16,19H,4-13H2,1-3H3. The lowest BCUT2D eigenvalue weighted by Crippen LogP contribution is -2.49. The number of carbonyl (C=O) groups excluding carboxylic acids is 2. The lowest BCUT2D eigenvalue weighted by atomic mass is 10.0. The van der Waals surface area contributed by atoms with Crippen molar-refractivity contribution in [3.05, 3.63) is 0 Å². The van der Waals surface area contributed by atoms with E-state index >= 15 is 0 Å². The monoisotopic (exact) mass is 323 g/mol. The maximum atomic E-state index is 13.1. The fraction of sp³-hybridized carbons (Fsp3) is 0.889. The first kappa shape index (κ1) is 18.2. The summed E-state index contributed by atoms with van der Waals surface area (Å²) in [6.45, 7) is 9.78. The van der Waals surface area contributed by atoms with Gasteiger partial charge in [0.1, 0.15) is 0 Å². The SMILES string of the molecule is CCCN(C(=O)C1CC(=O)N(C(CC)CC)C1)C1CCNCC1. The minimum Gasteiger partial charge on any atom is -0.339 e. The molecular weight excluding hydrogens is 290 g/mol. The molecule has 0 bridgehead atoms. The molecule has 2 aliphatic heterocycles. The molecule has 1 N–H and O–H groups in total. The molecule has 0 aromatic heterocycles. The maximum absolute atomic E-state index is 13.1. The summed E-state index contributed by atoms with van der Waals surface area (Å²) in [7, 11) is 0. The average Bonchev–Trinajstić information content (AvgIpc) is 2.96. The van der Waals surface area contributed by atoms with E-state index in [1.54, 1.807) is 0 Å². The summed E-state index contributed by atoms with van der Waals surface area (Å²) in [5.74, 6) is 0.240. The van der Waals surface area contributed by atoms with Crippen molar-refractivity contribution in [1.82, 2.24) is 15.1 Å². The van der Waals surface area contributed by atoms with Gasteiger partial charge in [0.05, 0.1) is 5.92 Å². The minimum absolute atomic E-state index is 0.135. The highest BCUT2D eigenvalue weighted by Gasteiger charge is 2.39. The number of piperidine rings is 1. The van der Waals surface area contributed by atoms with Gasteiger partial charge in [-0.3, -0.25) is 9.59 Å². The third-order valence-electron chi connectivity index (χ3n) is 5.39. The molecule has 0 spiro atoms. The Morgan fingerprint density at radius 3 is 2.48 bits per heavy atom. The number of likely N-dealkylation sites (tertiary alicyclic amines) is 1. The molecule has 1 atom stereocenters. The molecule has 1 unspecified atom stereocenters. The van der Waals surface area contributed by atoms with E-state index < -0.39 is 0 Å². The zero-order chi connectivity index (χ0) is 16.8. The fourth-order valence-corrected chi connectivity index (χ4v) is 4.05. The van der Waals surface area contributed by atoms with E-state index in [-0.39, 0.29) is 17.7 Å². The molecule has 5 nitrogen and oxygen atoms in total. The van der Waals surface area contributed by atoms with Crippen LogP contribution < -0.4 is 5.32 Å². The van der Waals surface area contributed by atoms with Gasteiger partial charge in [0, 0.05) is 31.6 Å². The third-order valence-corrected chi connectivity index (χ3v) is 5.39. The molecule has 2 fully saturated rings. The van der Waals surface area contributed by atoms with Crippen molar-refractivity contribution >= 4 is 11.8 Å². The number of hydrogen-bond donors (Lipinski definition) is 1. The van der Waals surface area contributed by atoms with Crippen molar-refractivity contribution in [2.45, 2.75) is 71.4 Å². The van der Waals surface area contributed by atoms with Crippen LogP contribution in [0.15, 0.2) is 0 Å². The van der Waals surface area contributed by atoms with Crippen LogP contribution in [0.1, 0.15) is 59.3 Å². The number of carbonyl (C=O) groups is 2. The van der Waals surface area contributed by atoms with Gasteiger partial charge in [-0.2, -0.15) is 0 Å². The van der Waals surface area contributed by atoms with E-state index in [1.165, 1.54) is 0 Å². The van der Waals surface area contributed by atoms with Crippen molar-refractivity contribution in [2.24, 2.45) is 5.92 Å². The Bertz CT molecular complexity index is 403. The number of nitrogens with one attached hydrogen (secondary N) is 1. The summed E-state index contributed by atoms with van der Waals surface area (Å²) < 4.78 is 0. The van der Waals surface area contributed by atoms with Crippen molar-refractivity contribution in [1.29, 1.82) is 0 Å².